The van der Waals surface area contributed by atoms with E-state index in [-0.39, 0.29) is 6.67 Å². The lowest BCUT2D eigenvalue weighted by molar-refractivity contribution is -0.0275. The molecule has 0 aromatic heterocycles. The normalized spacial score (nSPS) is 14.2. The summed E-state index contributed by atoms with van der Waals surface area (Å²) in [4.78, 5) is 4.30. The van der Waals surface area contributed by atoms with Gasteiger partial charge in [0.15, 0.2) is 0 Å². The minimum absolute atomic E-state index is 0.279. The lowest BCUT2D eigenvalue weighted by Crippen LogP contribution is -2.39. The maximum absolute atomic E-state index is 9.97. The molecule has 17 heavy (non-hydrogen) atoms. The van der Waals surface area contributed by atoms with E-state index in [1.165, 1.54) is 5.06 Å². The van der Waals surface area contributed by atoms with Gasteiger partial charge >= 0.3 is 0 Å². The van der Waals surface area contributed by atoms with Crippen molar-refractivity contribution in [3.05, 3.63) is 70.7 Å². The number of hydroxylamine groups is 2. The fraction of sp³-hybridized carbons (Fsp3) is 0.0714. The molecule has 0 radical (unpaired) electrons. The van der Waals surface area contributed by atoms with Crippen LogP contribution >= 0.6 is 0 Å². The third kappa shape index (κ3) is 1.70. The fourth-order valence-corrected chi connectivity index (χ4v) is 2.07. The molecule has 1 N–H and O–H groups in total. The maximum atomic E-state index is 9.97. The summed E-state index contributed by atoms with van der Waals surface area (Å²) >= 11 is 0. The summed E-state index contributed by atoms with van der Waals surface area (Å²) in [5.74, 6) is 0. The minimum Gasteiger partial charge on any atom is -0.287 e. The average molecular weight is 224 g/mol. The van der Waals surface area contributed by atoms with Gasteiger partial charge in [0.25, 0.3) is 0 Å². The van der Waals surface area contributed by atoms with Crippen molar-refractivity contribution in [2.45, 2.75) is 0 Å². The third-order valence-electron chi connectivity index (χ3n) is 2.84. The van der Waals surface area contributed by atoms with E-state index in [2.05, 4.69) is 4.99 Å². The number of hydrogen-bond donors (Lipinski definition) is 1. The number of para-hydroxylation sites is 1. The maximum Gasteiger partial charge on any atom is 0.136 e. The van der Waals surface area contributed by atoms with Crippen molar-refractivity contribution < 1.29 is 5.21 Å². The van der Waals surface area contributed by atoms with E-state index >= 15 is 0 Å². The third-order valence-corrected chi connectivity index (χ3v) is 2.84. The van der Waals surface area contributed by atoms with Crippen LogP contribution in [0.2, 0.25) is 0 Å². The Bertz CT molecular complexity index is 649. The van der Waals surface area contributed by atoms with Gasteiger partial charge in [0, 0.05) is 10.8 Å². The van der Waals surface area contributed by atoms with Crippen LogP contribution < -0.4 is 10.6 Å². The highest BCUT2D eigenvalue weighted by Gasteiger charge is 2.13. The van der Waals surface area contributed by atoms with E-state index in [0.29, 0.717) is 0 Å². The summed E-state index contributed by atoms with van der Waals surface area (Å²) in [6.45, 7) is 0.279. The molecule has 1 aliphatic rings. The van der Waals surface area contributed by atoms with Crippen molar-refractivity contribution in [2.75, 3.05) is 6.67 Å². The molecule has 0 atom stereocenters. The number of benzene rings is 2. The van der Waals surface area contributed by atoms with E-state index in [4.69, 9.17) is 0 Å². The highest BCUT2D eigenvalue weighted by Crippen LogP contribution is 2.14. The van der Waals surface area contributed by atoms with Gasteiger partial charge in [0.2, 0.25) is 0 Å². The number of rotatable bonds is 1. The van der Waals surface area contributed by atoms with Crippen LogP contribution in [-0.2, 0) is 0 Å². The standard InChI is InChI=1S/C14H12N2O/c17-16-10-15-13-9-5-4-8-12(13)14(16)11-6-2-1-3-7-11/h1-9,17H,10H2. The Labute approximate surface area is 98.9 Å². The predicted molar refractivity (Wildman–Crippen MR) is 64.7 cm³/mol. The first-order chi connectivity index (χ1) is 8.36. The number of hydrogen-bond acceptors (Lipinski definition) is 3. The lowest BCUT2D eigenvalue weighted by Gasteiger charge is -2.21. The summed E-state index contributed by atoms with van der Waals surface area (Å²) in [6, 6.07) is 17.7. The molecular weight excluding hydrogens is 212 g/mol. The highest BCUT2D eigenvalue weighted by molar-refractivity contribution is 5.63. The summed E-state index contributed by atoms with van der Waals surface area (Å²) in [7, 11) is 0. The zero-order chi connectivity index (χ0) is 11.7. The van der Waals surface area contributed by atoms with Gasteiger partial charge < -0.3 is 0 Å². The van der Waals surface area contributed by atoms with Crippen molar-refractivity contribution >= 4 is 5.70 Å². The van der Waals surface area contributed by atoms with Crippen molar-refractivity contribution in [3.8, 4) is 0 Å². The Morgan fingerprint density at radius 2 is 1.65 bits per heavy atom. The summed E-state index contributed by atoms with van der Waals surface area (Å²) in [5, 5.41) is 13.1. The van der Waals surface area contributed by atoms with Gasteiger partial charge in [0.1, 0.15) is 6.67 Å². The Balaban J connectivity index is 2.37. The Hall–Kier alpha value is -2.13. The van der Waals surface area contributed by atoms with Crippen molar-refractivity contribution in [3.63, 3.8) is 0 Å². The number of nitrogens with zero attached hydrogens (tertiary/aromatic N) is 2. The van der Waals surface area contributed by atoms with Crippen molar-refractivity contribution in [2.24, 2.45) is 4.99 Å². The Morgan fingerprint density at radius 3 is 2.47 bits per heavy atom. The molecule has 0 aliphatic carbocycles. The van der Waals surface area contributed by atoms with Crippen LogP contribution in [0.3, 0.4) is 0 Å². The van der Waals surface area contributed by atoms with Crippen LogP contribution in [0, 0.1) is 0 Å². The van der Waals surface area contributed by atoms with Gasteiger partial charge in [-0.25, -0.2) is 5.06 Å². The summed E-state index contributed by atoms with van der Waals surface area (Å²) < 4.78 is 0. The second kappa shape index (κ2) is 4.03. The van der Waals surface area contributed by atoms with Crippen LogP contribution in [0.4, 0.5) is 0 Å². The first-order valence-corrected chi connectivity index (χ1v) is 5.52. The average Bonchev–Trinajstić information content (AvgIpc) is 2.39. The molecule has 1 aliphatic heterocycles. The number of fused-ring (bicyclic) bond motifs is 1. The topological polar surface area (TPSA) is 35.8 Å². The lowest BCUT2D eigenvalue weighted by atomic mass is 10.1. The molecule has 0 unspecified atom stereocenters. The molecule has 0 spiro atoms. The molecule has 3 nitrogen and oxygen atoms in total. The molecule has 1 heterocycles. The zero-order valence-corrected chi connectivity index (χ0v) is 9.24. The molecule has 3 heteroatoms. The molecule has 0 saturated carbocycles. The molecule has 0 bridgehead atoms. The highest BCUT2D eigenvalue weighted by atomic mass is 16.5. The largest absolute Gasteiger partial charge is 0.287 e. The quantitative estimate of drug-likeness (QED) is 0.788. The zero-order valence-electron chi connectivity index (χ0n) is 9.24. The Morgan fingerprint density at radius 1 is 0.941 bits per heavy atom. The van der Waals surface area contributed by atoms with E-state index in [9.17, 15) is 5.21 Å². The molecular formula is C14H12N2O. The van der Waals surface area contributed by atoms with Crippen molar-refractivity contribution in [1.29, 1.82) is 0 Å². The van der Waals surface area contributed by atoms with Gasteiger partial charge in [-0.05, 0) is 6.07 Å². The first-order valence-electron chi connectivity index (χ1n) is 5.52. The molecule has 84 valence electrons. The monoisotopic (exact) mass is 224 g/mol. The molecule has 2 aromatic carbocycles. The van der Waals surface area contributed by atoms with E-state index in [1.54, 1.807) is 0 Å². The van der Waals surface area contributed by atoms with E-state index in [1.807, 2.05) is 54.6 Å². The molecule has 3 rings (SSSR count). The van der Waals surface area contributed by atoms with Crippen molar-refractivity contribution in [1.82, 2.24) is 5.06 Å². The van der Waals surface area contributed by atoms with Gasteiger partial charge in [-0.1, -0.05) is 48.5 Å². The summed E-state index contributed by atoms with van der Waals surface area (Å²) in [6.07, 6.45) is 0. The minimum atomic E-state index is 0.279. The molecule has 0 saturated heterocycles. The van der Waals surface area contributed by atoms with Crippen LogP contribution in [0.1, 0.15) is 5.56 Å². The smallest absolute Gasteiger partial charge is 0.136 e. The van der Waals surface area contributed by atoms with Crippen LogP contribution in [0.25, 0.3) is 5.70 Å². The first kappa shape index (κ1) is 10.1. The Kier molecular flexibility index (Phi) is 2.38. The van der Waals surface area contributed by atoms with E-state index < -0.39 is 0 Å². The van der Waals surface area contributed by atoms with Gasteiger partial charge in [0.05, 0.1) is 11.1 Å². The van der Waals surface area contributed by atoms with Crippen LogP contribution in [-0.4, -0.2) is 16.9 Å². The van der Waals surface area contributed by atoms with Crippen LogP contribution in [0.5, 0.6) is 0 Å². The molecule has 0 fully saturated rings. The van der Waals surface area contributed by atoms with Gasteiger partial charge in [-0.2, -0.15) is 0 Å². The fourth-order valence-electron chi connectivity index (χ4n) is 2.07. The van der Waals surface area contributed by atoms with Gasteiger partial charge in [-0.15, -0.1) is 0 Å². The molecule has 0 amide bonds. The van der Waals surface area contributed by atoms with E-state index in [0.717, 1.165) is 21.8 Å². The summed E-state index contributed by atoms with van der Waals surface area (Å²) in [5.41, 5.74) is 1.81. The second-order valence-electron chi connectivity index (χ2n) is 3.93. The molecule has 2 aromatic rings. The van der Waals surface area contributed by atoms with Gasteiger partial charge in [-0.3, -0.25) is 10.2 Å². The van der Waals surface area contributed by atoms with Crippen LogP contribution in [0.15, 0.2) is 59.6 Å². The predicted octanol–water partition coefficient (Wildman–Crippen LogP) is 1.12. The second-order valence-corrected chi connectivity index (χ2v) is 3.93. The SMILES string of the molecule is ON1CN=c2ccccc2=C1c1ccccc1.